The Morgan fingerprint density at radius 3 is 2.46 bits per heavy atom. The first-order valence-electron chi connectivity index (χ1n) is 3.57. The van der Waals surface area contributed by atoms with Crippen LogP contribution in [0.3, 0.4) is 0 Å². The number of aryl methyl sites for hydroxylation is 2. The highest BCUT2D eigenvalue weighted by molar-refractivity contribution is 5.95. The van der Waals surface area contributed by atoms with E-state index in [2.05, 4.69) is 4.98 Å². The standard InChI is InChI=1S/C8H11N3O.ClH/c1-4-3-5(2)11-8(12)6(4)7(9)10;/h3H,1-2H3,(H3,9,10)(H,11,12);1H. The molecule has 0 aliphatic heterocycles. The van der Waals surface area contributed by atoms with Gasteiger partial charge in [0.25, 0.3) is 5.56 Å². The van der Waals surface area contributed by atoms with Crippen molar-refractivity contribution in [3.63, 3.8) is 0 Å². The second-order valence-corrected chi connectivity index (χ2v) is 2.75. The van der Waals surface area contributed by atoms with E-state index in [1.54, 1.807) is 19.9 Å². The van der Waals surface area contributed by atoms with E-state index in [0.717, 1.165) is 11.3 Å². The molecule has 1 heterocycles. The number of nitrogens with one attached hydrogen (secondary N) is 2. The number of halogens is 1. The molecule has 0 saturated carbocycles. The molecule has 0 amide bonds. The van der Waals surface area contributed by atoms with Crippen LogP contribution in [0.2, 0.25) is 0 Å². The second kappa shape index (κ2) is 4.09. The molecule has 0 fully saturated rings. The van der Waals surface area contributed by atoms with Gasteiger partial charge in [-0.25, -0.2) is 0 Å². The lowest BCUT2D eigenvalue weighted by Gasteiger charge is -2.02. The molecular formula is C8H12ClN3O. The molecule has 1 aromatic heterocycles. The van der Waals surface area contributed by atoms with Crippen molar-refractivity contribution >= 4 is 18.2 Å². The number of rotatable bonds is 1. The fourth-order valence-corrected chi connectivity index (χ4v) is 1.19. The van der Waals surface area contributed by atoms with Gasteiger partial charge in [-0.2, -0.15) is 0 Å². The van der Waals surface area contributed by atoms with Crippen LogP contribution in [0.25, 0.3) is 0 Å². The predicted molar refractivity (Wildman–Crippen MR) is 54.8 cm³/mol. The Morgan fingerprint density at radius 2 is 2.08 bits per heavy atom. The first-order valence-corrected chi connectivity index (χ1v) is 3.57. The van der Waals surface area contributed by atoms with Gasteiger partial charge in [-0.3, -0.25) is 10.2 Å². The van der Waals surface area contributed by atoms with Gasteiger partial charge in [-0.1, -0.05) is 0 Å². The largest absolute Gasteiger partial charge is 0.384 e. The number of H-pyrrole nitrogens is 1. The summed E-state index contributed by atoms with van der Waals surface area (Å²) in [4.78, 5) is 13.8. The number of nitrogens with two attached hydrogens (primary N) is 1. The fourth-order valence-electron chi connectivity index (χ4n) is 1.19. The number of aromatic amines is 1. The van der Waals surface area contributed by atoms with Crippen molar-refractivity contribution in [3.05, 3.63) is 33.2 Å². The molecule has 0 radical (unpaired) electrons. The summed E-state index contributed by atoms with van der Waals surface area (Å²) >= 11 is 0. The van der Waals surface area contributed by atoms with Crippen molar-refractivity contribution in [3.8, 4) is 0 Å². The van der Waals surface area contributed by atoms with E-state index in [9.17, 15) is 4.79 Å². The monoisotopic (exact) mass is 201 g/mol. The Balaban J connectivity index is 0.00000144. The molecule has 4 nitrogen and oxygen atoms in total. The van der Waals surface area contributed by atoms with Crippen LogP contribution >= 0.6 is 12.4 Å². The van der Waals surface area contributed by atoms with Crippen molar-refractivity contribution in [2.75, 3.05) is 0 Å². The van der Waals surface area contributed by atoms with Gasteiger partial charge in [0.15, 0.2) is 0 Å². The first-order chi connectivity index (χ1) is 5.52. The van der Waals surface area contributed by atoms with Gasteiger partial charge in [0.1, 0.15) is 5.84 Å². The van der Waals surface area contributed by atoms with Crippen LogP contribution in [-0.4, -0.2) is 10.8 Å². The summed E-state index contributed by atoms with van der Waals surface area (Å²) in [6.07, 6.45) is 0. The number of aromatic nitrogens is 1. The molecule has 0 atom stereocenters. The zero-order chi connectivity index (χ0) is 9.30. The average molecular weight is 202 g/mol. The van der Waals surface area contributed by atoms with Crippen LogP contribution in [0.4, 0.5) is 0 Å². The summed E-state index contributed by atoms with van der Waals surface area (Å²) in [7, 11) is 0. The third-order valence-electron chi connectivity index (χ3n) is 1.63. The maximum atomic E-state index is 11.2. The normalized spacial score (nSPS) is 9.08. The van der Waals surface area contributed by atoms with Crippen LogP contribution in [0.15, 0.2) is 10.9 Å². The quantitative estimate of drug-likeness (QED) is 0.462. The predicted octanol–water partition coefficient (Wildman–Crippen LogP) is 0.698. The van der Waals surface area contributed by atoms with E-state index in [4.69, 9.17) is 11.1 Å². The Hall–Kier alpha value is -1.29. The van der Waals surface area contributed by atoms with Gasteiger partial charge in [0, 0.05) is 5.69 Å². The molecule has 0 bridgehead atoms. The van der Waals surface area contributed by atoms with Crippen molar-refractivity contribution < 1.29 is 0 Å². The van der Waals surface area contributed by atoms with Gasteiger partial charge in [-0.05, 0) is 25.5 Å². The Bertz CT molecular complexity index is 383. The molecule has 1 rings (SSSR count). The Labute approximate surface area is 82.1 Å². The number of hydrogen-bond acceptors (Lipinski definition) is 2. The Kier molecular flexibility index (Phi) is 3.69. The van der Waals surface area contributed by atoms with Crippen molar-refractivity contribution in [1.82, 2.24) is 4.98 Å². The topological polar surface area (TPSA) is 82.7 Å². The van der Waals surface area contributed by atoms with Gasteiger partial charge in [-0.15, -0.1) is 12.4 Å². The van der Waals surface area contributed by atoms with E-state index in [0.29, 0.717) is 0 Å². The number of hydrogen-bond donors (Lipinski definition) is 3. The van der Waals surface area contributed by atoms with Gasteiger partial charge in [0.05, 0.1) is 5.56 Å². The number of amidine groups is 1. The van der Waals surface area contributed by atoms with Crippen LogP contribution < -0.4 is 11.3 Å². The molecule has 1 aromatic rings. The third-order valence-corrected chi connectivity index (χ3v) is 1.63. The number of nitrogen functional groups attached to an aromatic ring is 1. The zero-order valence-corrected chi connectivity index (χ0v) is 8.29. The van der Waals surface area contributed by atoms with E-state index in [1.165, 1.54) is 0 Å². The average Bonchev–Trinajstić information content (AvgIpc) is 1.82. The molecule has 0 aromatic carbocycles. The summed E-state index contributed by atoms with van der Waals surface area (Å²) in [5, 5.41) is 7.15. The summed E-state index contributed by atoms with van der Waals surface area (Å²) in [5.74, 6) is -0.186. The van der Waals surface area contributed by atoms with Gasteiger partial charge in [0.2, 0.25) is 0 Å². The van der Waals surface area contributed by atoms with Crippen molar-refractivity contribution in [2.45, 2.75) is 13.8 Å². The minimum absolute atomic E-state index is 0. The first kappa shape index (κ1) is 11.7. The Morgan fingerprint density at radius 1 is 1.54 bits per heavy atom. The third kappa shape index (κ3) is 2.32. The fraction of sp³-hybridized carbons (Fsp3) is 0.250. The van der Waals surface area contributed by atoms with E-state index in [-0.39, 0.29) is 29.4 Å². The maximum absolute atomic E-state index is 11.2. The lowest BCUT2D eigenvalue weighted by molar-refractivity contribution is 1.11. The smallest absolute Gasteiger partial charge is 0.259 e. The lowest BCUT2D eigenvalue weighted by atomic mass is 10.1. The summed E-state index contributed by atoms with van der Waals surface area (Å²) < 4.78 is 0. The molecule has 5 heteroatoms. The molecule has 0 unspecified atom stereocenters. The lowest BCUT2D eigenvalue weighted by Crippen LogP contribution is -2.25. The highest BCUT2D eigenvalue weighted by atomic mass is 35.5. The molecule has 13 heavy (non-hydrogen) atoms. The SMILES string of the molecule is Cc1cc(C)c(C(=N)N)c(=O)[nH]1.Cl. The highest BCUT2D eigenvalue weighted by Crippen LogP contribution is 2.01. The van der Waals surface area contributed by atoms with Crippen LogP contribution in [0, 0.1) is 19.3 Å². The second-order valence-electron chi connectivity index (χ2n) is 2.75. The van der Waals surface area contributed by atoms with Crippen LogP contribution in [0.1, 0.15) is 16.8 Å². The maximum Gasteiger partial charge on any atom is 0.259 e. The van der Waals surface area contributed by atoms with Gasteiger partial charge < -0.3 is 10.7 Å². The van der Waals surface area contributed by atoms with Crippen molar-refractivity contribution in [2.24, 2.45) is 5.73 Å². The molecule has 0 aliphatic rings. The van der Waals surface area contributed by atoms with Crippen LogP contribution in [-0.2, 0) is 0 Å². The molecule has 0 spiro atoms. The van der Waals surface area contributed by atoms with E-state index in [1.807, 2.05) is 0 Å². The molecule has 4 N–H and O–H groups in total. The highest BCUT2D eigenvalue weighted by Gasteiger charge is 2.06. The molecule has 72 valence electrons. The molecule has 0 saturated heterocycles. The summed E-state index contributed by atoms with van der Waals surface area (Å²) in [6, 6.07) is 1.79. The van der Waals surface area contributed by atoms with Gasteiger partial charge >= 0.3 is 0 Å². The summed E-state index contributed by atoms with van der Waals surface area (Å²) in [5.41, 5.74) is 6.72. The van der Waals surface area contributed by atoms with E-state index < -0.39 is 0 Å². The molecule has 0 aliphatic carbocycles. The minimum atomic E-state index is -0.292. The summed E-state index contributed by atoms with van der Waals surface area (Å²) in [6.45, 7) is 3.55. The van der Waals surface area contributed by atoms with Crippen molar-refractivity contribution in [1.29, 1.82) is 5.41 Å². The zero-order valence-electron chi connectivity index (χ0n) is 7.47. The minimum Gasteiger partial charge on any atom is -0.384 e. The molecular weight excluding hydrogens is 190 g/mol. The number of pyridine rings is 1. The van der Waals surface area contributed by atoms with E-state index >= 15 is 0 Å². The van der Waals surface area contributed by atoms with Crippen LogP contribution in [0.5, 0.6) is 0 Å².